The molecule has 5 heteroatoms. The van der Waals surface area contributed by atoms with Crippen LogP contribution in [0.25, 0.3) is 0 Å². The summed E-state index contributed by atoms with van der Waals surface area (Å²) in [5.74, 6) is -3.06. The van der Waals surface area contributed by atoms with E-state index in [2.05, 4.69) is 23.4 Å². The van der Waals surface area contributed by atoms with E-state index in [9.17, 15) is 8.78 Å². The highest BCUT2D eigenvalue weighted by Gasteiger charge is 2.71. The molecule has 3 unspecified atom stereocenters. The summed E-state index contributed by atoms with van der Waals surface area (Å²) in [6, 6.07) is 2.45. The van der Waals surface area contributed by atoms with E-state index >= 15 is 0 Å². The molecule has 3 aliphatic rings. The molecule has 1 aromatic rings. The second-order valence-electron chi connectivity index (χ2n) is 6.36. The van der Waals surface area contributed by atoms with Crippen LogP contribution < -0.4 is 0 Å². The van der Waals surface area contributed by atoms with Crippen LogP contribution in [0.2, 0.25) is 0 Å². The summed E-state index contributed by atoms with van der Waals surface area (Å²) in [4.78, 5) is 3.66. The Morgan fingerprint density at radius 1 is 1.40 bits per heavy atom. The van der Waals surface area contributed by atoms with Gasteiger partial charge in [0, 0.05) is 35.7 Å². The second-order valence-corrected chi connectivity index (χ2v) is 7.36. The van der Waals surface area contributed by atoms with Gasteiger partial charge in [0.1, 0.15) is 0 Å². The molecule has 0 amide bonds. The molecule has 0 saturated heterocycles. The highest BCUT2D eigenvalue weighted by atomic mass is 32.1. The van der Waals surface area contributed by atoms with E-state index in [1.54, 1.807) is 11.3 Å². The maximum Gasteiger partial charge on any atom is 0.254 e. The molecule has 0 aromatic carbocycles. The van der Waals surface area contributed by atoms with Gasteiger partial charge in [0.25, 0.3) is 5.92 Å². The quantitative estimate of drug-likeness (QED) is 0.849. The second kappa shape index (κ2) is 4.49. The molecule has 3 atom stereocenters. The lowest BCUT2D eigenvalue weighted by Gasteiger charge is -2.32. The number of likely N-dealkylation sites (N-methyl/N-ethyl adjacent to an activating group) is 1. The van der Waals surface area contributed by atoms with Gasteiger partial charge in [-0.05, 0) is 36.9 Å². The van der Waals surface area contributed by atoms with Crippen LogP contribution in [-0.2, 0) is 11.2 Å². The number of hydrogen-bond donors (Lipinski definition) is 0. The third kappa shape index (κ3) is 1.94. The highest BCUT2D eigenvalue weighted by molar-refractivity contribution is 7.10. The molecule has 20 heavy (non-hydrogen) atoms. The number of halogens is 2. The fraction of sp³-hybridized carbons (Fsp3) is 0.733. The fourth-order valence-electron chi connectivity index (χ4n) is 3.93. The number of fused-ring (bicyclic) bond motifs is 2. The molecule has 0 spiro atoms. The van der Waals surface area contributed by atoms with Gasteiger partial charge in [0.2, 0.25) is 0 Å². The first-order chi connectivity index (χ1) is 9.57. The molecule has 2 aliphatic carbocycles. The largest absolute Gasteiger partial charge is 0.372 e. The Labute approximate surface area is 121 Å². The molecular weight excluding hydrogens is 280 g/mol. The van der Waals surface area contributed by atoms with Crippen molar-refractivity contribution in [3.05, 3.63) is 21.9 Å². The van der Waals surface area contributed by atoms with Crippen molar-refractivity contribution in [2.75, 3.05) is 20.2 Å². The lowest BCUT2D eigenvalue weighted by Crippen LogP contribution is -2.37. The smallest absolute Gasteiger partial charge is 0.254 e. The third-order valence-corrected chi connectivity index (χ3v) is 6.27. The molecule has 0 bridgehead atoms. The van der Waals surface area contributed by atoms with E-state index in [0.717, 1.165) is 19.6 Å². The molecule has 2 saturated carbocycles. The van der Waals surface area contributed by atoms with Gasteiger partial charge in [-0.3, -0.25) is 0 Å². The monoisotopic (exact) mass is 299 g/mol. The lowest BCUT2D eigenvalue weighted by molar-refractivity contribution is 0.00522. The van der Waals surface area contributed by atoms with E-state index in [4.69, 9.17) is 4.74 Å². The molecule has 0 N–H and O–H groups in total. The summed E-state index contributed by atoms with van der Waals surface area (Å²) in [7, 11) is 2.05. The van der Waals surface area contributed by atoms with Crippen molar-refractivity contribution in [1.29, 1.82) is 0 Å². The molecule has 4 rings (SSSR count). The topological polar surface area (TPSA) is 12.5 Å². The fourth-order valence-corrected chi connectivity index (χ4v) is 4.85. The minimum Gasteiger partial charge on any atom is -0.372 e. The van der Waals surface area contributed by atoms with Crippen LogP contribution in [0.5, 0.6) is 0 Å². The average molecular weight is 299 g/mol. The van der Waals surface area contributed by atoms with Crippen LogP contribution in [0.4, 0.5) is 8.78 Å². The summed E-state index contributed by atoms with van der Waals surface area (Å²) in [5, 5.41) is 2.12. The van der Waals surface area contributed by atoms with Crippen molar-refractivity contribution in [3.63, 3.8) is 0 Å². The van der Waals surface area contributed by atoms with Crippen molar-refractivity contribution in [2.24, 2.45) is 11.8 Å². The van der Waals surface area contributed by atoms with Gasteiger partial charge in [0.05, 0.1) is 12.7 Å². The van der Waals surface area contributed by atoms with Crippen LogP contribution >= 0.6 is 11.3 Å². The first-order valence-corrected chi connectivity index (χ1v) is 8.21. The van der Waals surface area contributed by atoms with E-state index in [1.165, 1.54) is 10.4 Å². The molecule has 1 aliphatic heterocycles. The Morgan fingerprint density at radius 3 is 2.90 bits per heavy atom. The number of rotatable bonds is 3. The van der Waals surface area contributed by atoms with Crippen LogP contribution in [0.15, 0.2) is 11.4 Å². The highest BCUT2D eigenvalue weighted by Crippen LogP contribution is 2.64. The zero-order chi connectivity index (χ0) is 13.9. The molecule has 110 valence electrons. The molecule has 0 radical (unpaired) electrons. The van der Waals surface area contributed by atoms with E-state index in [1.807, 2.05) is 0 Å². The summed E-state index contributed by atoms with van der Waals surface area (Å²) < 4.78 is 32.4. The first-order valence-electron chi connectivity index (χ1n) is 7.33. The van der Waals surface area contributed by atoms with Crippen LogP contribution in [0.1, 0.15) is 29.4 Å². The number of hydrogen-bond acceptors (Lipinski definition) is 3. The lowest BCUT2D eigenvalue weighted by atomic mass is 10.0. The molecule has 1 aromatic heterocycles. The summed E-state index contributed by atoms with van der Waals surface area (Å²) in [6.45, 7) is 1.60. The molecular formula is C15H19F2NOS. The van der Waals surface area contributed by atoms with Crippen molar-refractivity contribution in [1.82, 2.24) is 4.90 Å². The molecule has 2 nitrogen and oxygen atoms in total. The Balaban J connectivity index is 1.39. The Morgan fingerprint density at radius 2 is 2.15 bits per heavy atom. The van der Waals surface area contributed by atoms with Crippen molar-refractivity contribution >= 4 is 11.3 Å². The average Bonchev–Trinajstić information content (AvgIpc) is 2.92. The van der Waals surface area contributed by atoms with Gasteiger partial charge in [0.15, 0.2) is 0 Å². The van der Waals surface area contributed by atoms with E-state index in [-0.39, 0.29) is 17.9 Å². The maximum atomic E-state index is 13.3. The minimum absolute atomic E-state index is 0.118. The van der Waals surface area contributed by atoms with Crippen LogP contribution in [0, 0.1) is 11.8 Å². The predicted octanol–water partition coefficient (Wildman–Crippen LogP) is 3.34. The number of nitrogens with zero attached hydrogens (tertiary/aromatic N) is 1. The van der Waals surface area contributed by atoms with Gasteiger partial charge in [-0.25, -0.2) is 8.78 Å². The van der Waals surface area contributed by atoms with Crippen LogP contribution in [0.3, 0.4) is 0 Å². The SMILES string of the molecule is CN(CC1OCCc2sccc21)C1CC2C(C1)C2(F)F. The zero-order valence-electron chi connectivity index (χ0n) is 11.5. The van der Waals surface area contributed by atoms with Crippen LogP contribution in [-0.4, -0.2) is 37.1 Å². The van der Waals surface area contributed by atoms with Gasteiger partial charge >= 0.3 is 0 Å². The van der Waals surface area contributed by atoms with Gasteiger partial charge < -0.3 is 9.64 Å². The Bertz CT molecular complexity index is 504. The Kier molecular flexibility index (Phi) is 2.95. The standard InChI is InChI=1S/C15H19F2NOS/c1-18(9-6-11-12(7-9)15(11,16)17)8-13-10-3-5-20-14(10)2-4-19-13/h3,5,9,11-13H,2,4,6-8H2,1H3. The first kappa shape index (κ1) is 13.2. The van der Waals surface area contributed by atoms with Gasteiger partial charge in [-0.1, -0.05) is 0 Å². The molecule has 2 fully saturated rings. The zero-order valence-corrected chi connectivity index (χ0v) is 12.3. The van der Waals surface area contributed by atoms with Crippen molar-refractivity contribution in [3.8, 4) is 0 Å². The Hall–Kier alpha value is -0.520. The number of ether oxygens (including phenoxy) is 1. The summed E-state index contributed by atoms with van der Waals surface area (Å²) in [5.41, 5.74) is 1.31. The molecule has 2 heterocycles. The predicted molar refractivity (Wildman–Crippen MR) is 74.3 cm³/mol. The third-order valence-electron chi connectivity index (χ3n) is 5.27. The maximum absolute atomic E-state index is 13.3. The van der Waals surface area contributed by atoms with E-state index in [0.29, 0.717) is 18.9 Å². The minimum atomic E-state index is -2.36. The number of alkyl halides is 2. The van der Waals surface area contributed by atoms with Crippen molar-refractivity contribution in [2.45, 2.75) is 37.3 Å². The summed E-state index contributed by atoms with van der Waals surface area (Å²) in [6.07, 6.45) is 2.43. The van der Waals surface area contributed by atoms with Gasteiger partial charge in [-0.2, -0.15) is 0 Å². The number of thiophene rings is 1. The normalized spacial score (nSPS) is 37.8. The summed E-state index contributed by atoms with van der Waals surface area (Å²) >= 11 is 1.80. The van der Waals surface area contributed by atoms with E-state index < -0.39 is 5.92 Å². The van der Waals surface area contributed by atoms with Gasteiger partial charge in [-0.15, -0.1) is 11.3 Å². The van der Waals surface area contributed by atoms with Crippen molar-refractivity contribution < 1.29 is 13.5 Å².